The van der Waals surface area contributed by atoms with E-state index in [-0.39, 0.29) is 5.91 Å². The van der Waals surface area contributed by atoms with Gasteiger partial charge in [0.25, 0.3) is 0 Å². The third kappa shape index (κ3) is 6.40. The quantitative estimate of drug-likeness (QED) is 0.719. The molecule has 0 fully saturated rings. The first kappa shape index (κ1) is 18.0. The van der Waals surface area contributed by atoms with Crippen molar-refractivity contribution in [1.82, 2.24) is 4.90 Å². The van der Waals surface area contributed by atoms with Crippen LogP contribution in [0.15, 0.2) is 54.6 Å². The van der Waals surface area contributed by atoms with E-state index in [9.17, 15) is 4.79 Å². The normalized spacial score (nSPS) is 10.6. The molecular weight excluding hydrogens is 304 g/mol. The van der Waals surface area contributed by atoms with Gasteiger partial charge in [-0.1, -0.05) is 36.4 Å². The number of nitrogens with zero attached hydrogens (tertiary/aromatic N) is 1. The zero-order valence-corrected chi connectivity index (χ0v) is 14.2. The number of carbonyl (C=O) groups is 1. The molecule has 0 aliphatic carbocycles. The van der Waals surface area contributed by atoms with E-state index in [1.54, 1.807) is 7.11 Å². The Labute approximate surface area is 143 Å². The SMILES string of the molecule is COCCOc1cccc(NC(=O)CN(C)Cc2ccccc2)c1. The number of nitrogens with one attached hydrogen (secondary N) is 1. The molecular formula is C19H24N2O3. The third-order valence-electron chi connectivity index (χ3n) is 3.38. The van der Waals surface area contributed by atoms with Gasteiger partial charge in [-0.3, -0.25) is 9.69 Å². The number of methoxy groups -OCH3 is 1. The minimum absolute atomic E-state index is 0.0533. The molecule has 0 aliphatic rings. The van der Waals surface area contributed by atoms with Crippen molar-refractivity contribution in [3.8, 4) is 5.75 Å². The molecule has 0 saturated carbocycles. The van der Waals surface area contributed by atoms with Gasteiger partial charge in [-0.2, -0.15) is 0 Å². The summed E-state index contributed by atoms with van der Waals surface area (Å²) in [6.07, 6.45) is 0. The van der Waals surface area contributed by atoms with Gasteiger partial charge in [0.15, 0.2) is 0 Å². The van der Waals surface area contributed by atoms with Crippen molar-refractivity contribution in [3.05, 3.63) is 60.2 Å². The van der Waals surface area contributed by atoms with Crippen LogP contribution in [0.4, 0.5) is 5.69 Å². The Morgan fingerprint density at radius 3 is 2.62 bits per heavy atom. The van der Waals surface area contributed by atoms with Gasteiger partial charge in [0.1, 0.15) is 12.4 Å². The number of hydrogen-bond acceptors (Lipinski definition) is 4. The fourth-order valence-corrected chi connectivity index (χ4v) is 2.30. The van der Waals surface area contributed by atoms with Crippen LogP contribution in [0.3, 0.4) is 0 Å². The summed E-state index contributed by atoms with van der Waals surface area (Å²) < 4.78 is 10.5. The molecule has 2 aromatic carbocycles. The third-order valence-corrected chi connectivity index (χ3v) is 3.38. The molecule has 5 nitrogen and oxygen atoms in total. The standard InChI is InChI=1S/C19H24N2O3/c1-21(14-16-7-4-3-5-8-16)15-19(22)20-17-9-6-10-18(13-17)24-12-11-23-2/h3-10,13H,11-12,14-15H2,1-2H3,(H,20,22). The monoisotopic (exact) mass is 328 g/mol. The van der Waals surface area contributed by atoms with Gasteiger partial charge < -0.3 is 14.8 Å². The summed E-state index contributed by atoms with van der Waals surface area (Å²) in [5.41, 5.74) is 1.91. The lowest BCUT2D eigenvalue weighted by atomic mass is 10.2. The molecule has 0 radical (unpaired) electrons. The predicted octanol–water partition coefficient (Wildman–Crippen LogP) is 2.78. The van der Waals surface area contributed by atoms with Crippen LogP contribution in [-0.4, -0.2) is 44.7 Å². The molecule has 0 atom stereocenters. The second kappa shape index (κ2) is 9.70. The second-order valence-electron chi connectivity index (χ2n) is 5.58. The van der Waals surface area contributed by atoms with Crippen molar-refractivity contribution in [2.75, 3.05) is 39.2 Å². The average Bonchev–Trinajstić information content (AvgIpc) is 2.56. The van der Waals surface area contributed by atoms with E-state index in [2.05, 4.69) is 17.4 Å². The molecule has 2 aromatic rings. The number of hydrogen-bond donors (Lipinski definition) is 1. The van der Waals surface area contributed by atoms with Crippen LogP contribution < -0.4 is 10.1 Å². The van der Waals surface area contributed by atoms with Crippen molar-refractivity contribution in [2.45, 2.75) is 6.54 Å². The summed E-state index contributed by atoms with van der Waals surface area (Å²) in [6, 6.07) is 17.4. The lowest BCUT2D eigenvalue weighted by Crippen LogP contribution is -2.29. The highest BCUT2D eigenvalue weighted by Gasteiger charge is 2.08. The molecule has 0 unspecified atom stereocenters. The Morgan fingerprint density at radius 2 is 1.88 bits per heavy atom. The fourth-order valence-electron chi connectivity index (χ4n) is 2.30. The molecule has 0 saturated heterocycles. The predicted molar refractivity (Wildman–Crippen MR) is 95.2 cm³/mol. The number of rotatable bonds is 9. The summed E-state index contributed by atoms with van der Waals surface area (Å²) in [5.74, 6) is 0.657. The largest absolute Gasteiger partial charge is 0.491 e. The average molecular weight is 328 g/mol. The van der Waals surface area contributed by atoms with E-state index in [1.165, 1.54) is 5.56 Å². The molecule has 1 N–H and O–H groups in total. The van der Waals surface area contributed by atoms with Crippen molar-refractivity contribution in [2.24, 2.45) is 0 Å². The summed E-state index contributed by atoms with van der Waals surface area (Å²) in [5, 5.41) is 2.90. The molecule has 128 valence electrons. The first-order valence-corrected chi connectivity index (χ1v) is 7.91. The first-order valence-electron chi connectivity index (χ1n) is 7.91. The van der Waals surface area contributed by atoms with Gasteiger partial charge in [-0.25, -0.2) is 0 Å². The number of amides is 1. The Bertz CT molecular complexity index is 632. The molecule has 0 spiro atoms. The molecule has 0 aromatic heterocycles. The van der Waals surface area contributed by atoms with Crippen LogP contribution in [0.25, 0.3) is 0 Å². The molecule has 1 amide bonds. The van der Waals surface area contributed by atoms with Crippen LogP contribution in [0.1, 0.15) is 5.56 Å². The molecule has 24 heavy (non-hydrogen) atoms. The van der Waals surface area contributed by atoms with E-state index in [0.717, 1.165) is 12.2 Å². The minimum atomic E-state index is -0.0533. The lowest BCUT2D eigenvalue weighted by molar-refractivity contribution is -0.117. The van der Waals surface area contributed by atoms with Crippen molar-refractivity contribution in [1.29, 1.82) is 0 Å². The molecule has 0 heterocycles. The van der Waals surface area contributed by atoms with Gasteiger partial charge >= 0.3 is 0 Å². The van der Waals surface area contributed by atoms with Crippen LogP contribution in [-0.2, 0) is 16.1 Å². The van der Waals surface area contributed by atoms with Crippen molar-refractivity contribution < 1.29 is 14.3 Å². The van der Waals surface area contributed by atoms with Gasteiger partial charge in [-0.05, 0) is 24.7 Å². The number of likely N-dealkylation sites (N-methyl/N-ethyl adjacent to an activating group) is 1. The maximum atomic E-state index is 12.2. The van der Waals surface area contributed by atoms with E-state index in [4.69, 9.17) is 9.47 Å². The van der Waals surface area contributed by atoms with Gasteiger partial charge in [0.05, 0.1) is 13.2 Å². The second-order valence-corrected chi connectivity index (χ2v) is 5.58. The zero-order valence-electron chi connectivity index (χ0n) is 14.2. The van der Waals surface area contributed by atoms with Crippen molar-refractivity contribution in [3.63, 3.8) is 0 Å². The molecule has 5 heteroatoms. The smallest absolute Gasteiger partial charge is 0.238 e. The first-order chi connectivity index (χ1) is 11.7. The van der Waals surface area contributed by atoms with Gasteiger partial charge in [0, 0.05) is 25.4 Å². The zero-order chi connectivity index (χ0) is 17.2. The molecule has 2 rings (SSSR count). The van der Waals surface area contributed by atoms with Gasteiger partial charge in [0.2, 0.25) is 5.91 Å². The van der Waals surface area contributed by atoms with E-state index in [0.29, 0.717) is 25.5 Å². The Kier molecular flexibility index (Phi) is 7.26. The summed E-state index contributed by atoms with van der Waals surface area (Å²) in [4.78, 5) is 14.1. The lowest BCUT2D eigenvalue weighted by Gasteiger charge is -2.16. The van der Waals surface area contributed by atoms with Crippen LogP contribution in [0, 0.1) is 0 Å². The van der Waals surface area contributed by atoms with Crippen molar-refractivity contribution >= 4 is 11.6 Å². The van der Waals surface area contributed by atoms with E-state index < -0.39 is 0 Å². The summed E-state index contributed by atoms with van der Waals surface area (Å²) in [7, 11) is 3.56. The summed E-state index contributed by atoms with van der Waals surface area (Å²) >= 11 is 0. The Hall–Kier alpha value is -2.37. The Balaban J connectivity index is 1.82. The van der Waals surface area contributed by atoms with Crippen LogP contribution in [0.5, 0.6) is 5.75 Å². The topological polar surface area (TPSA) is 50.8 Å². The number of carbonyl (C=O) groups excluding carboxylic acids is 1. The molecule has 0 aliphatic heterocycles. The number of benzene rings is 2. The highest BCUT2D eigenvalue weighted by molar-refractivity contribution is 5.92. The van der Waals surface area contributed by atoms with Crippen LogP contribution >= 0.6 is 0 Å². The maximum Gasteiger partial charge on any atom is 0.238 e. The molecule has 0 bridgehead atoms. The Morgan fingerprint density at radius 1 is 1.08 bits per heavy atom. The van der Waals surface area contributed by atoms with Gasteiger partial charge in [-0.15, -0.1) is 0 Å². The highest BCUT2D eigenvalue weighted by Crippen LogP contribution is 2.17. The number of ether oxygens (including phenoxy) is 2. The minimum Gasteiger partial charge on any atom is -0.491 e. The fraction of sp³-hybridized carbons (Fsp3) is 0.316. The number of anilines is 1. The maximum absolute atomic E-state index is 12.2. The van der Waals surface area contributed by atoms with E-state index >= 15 is 0 Å². The van der Waals surface area contributed by atoms with Crippen LogP contribution in [0.2, 0.25) is 0 Å². The highest BCUT2D eigenvalue weighted by atomic mass is 16.5. The summed E-state index contributed by atoms with van der Waals surface area (Å²) in [6.45, 7) is 2.06. The van der Waals surface area contributed by atoms with E-state index in [1.807, 2.05) is 54.4 Å².